The number of carbonyl (C=O) groups is 1. The lowest BCUT2D eigenvalue weighted by molar-refractivity contribution is -0.122. The van der Waals surface area contributed by atoms with E-state index in [1.807, 2.05) is 0 Å². The van der Waals surface area contributed by atoms with Gasteiger partial charge in [0, 0.05) is 25.4 Å². The highest BCUT2D eigenvalue weighted by molar-refractivity contribution is 7.98. The monoisotopic (exact) mass is 543 g/mol. The molecule has 1 saturated heterocycles. The Morgan fingerprint density at radius 1 is 1.27 bits per heavy atom. The number of aryl methyl sites for hydroxylation is 3. The number of thiazole rings is 1. The van der Waals surface area contributed by atoms with Crippen molar-refractivity contribution in [1.82, 2.24) is 8.87 Å². The molecule has 1 amide bonds. The zero-order valence-electron chi connectivity index (χ0n) is 18.7. The molecule has 33 heavy (non-hydrogen) atoms. The summed E-state index contributed by atoms with van der Waals surface area (Å²) in [5, 5.41) is 0. The van der Waals surface area contributed by atoms with Gasteiger partial charge < -0.3 is 4.57 Å². The molecule has 1 unspecified atom stereocenters. The van der Waals surface area contributed by atoms with E-state index in [4.69, 9.17) is 11.6 Å². The summed E-state index contributed by atoms with van der Waals surface area (Å²) >= 11 is 10.3. The summed E-state index contributed by atoms with van der Waals surface area (Å²) in [6.07, 6.45) is 3.32. The summed E-state index contributed by atoms with van der Waals surface area (Å²) in [5.74, 6) is 0.211. The normalized spacial score (nSPS) is 18.3. The zero-order valence-corrected chi connectivity index (χ0v) is 22.7. The van der Waals surface area contributed by atoms with Gasteiger partial charge in [0.1, 0.15) is 4.21 Å². The van der Waals surface area contributed by atoms with Crippen molar-refractivity contribution in [1.29, 1.82) is 0 Å². The van der Waals surface area contributed by atoms with E-state index in [9.17, 15) is 13.2 Å². The van der Waals surface area contributed by atoms with Gasteiger partial charge in [-0.3, -0.25) is 4.79 Å². The molecule has 0 bridgehead atoms. The van der Waals surface area contributed by atoms with Crippen LogP contribution in [-0.4, -0.2) is 48.3 Å². The third-order valence-electron chi connectivity index (χ3n) is 5.72. The number of benzene rings is 1. The minimum atomic E-state index is -3.66. The summed E-state index contributed by atoms with van der Waals surface area (Å²) in [4.78, 5) is 18.4. The van der Waals surface area contributed by atoms with Crippen molar-refractivity contribution in [2.45, 2.75) is 37.4 Å². The maximum Gasteiger partial charge on any atom is 0.252 e. The molecule has 1 aliphatic heterocycles. The van der Waals surface area contributed by atoms with Crippen LogP contribution in [0.5, 0.6) is 0 Å². The third kappa shape index (κ3) is 5.26. The number of thiophene rings is 1. The Kier molecular flexibility index (Phi) is 7.72. The zero-order chi connectivity index (χ0) is 23.8. The molecule has 178 valence electrons. The van der Waals surface area contributed by atoms with Gasteiger partial charge in [-0.1, -0.05) is 29.0 Å². The first-order valence-corrected chi connectivity index (χ1v) is 15.5. The molecular formula is C22H26ClN3O3S4. The Bertz CT molecular complexity index is 1360. The molecule has 3 heterocycles. The van der Waals surface area contributed by atoms with Crippen molar-refractivity contribution in [3.63, 3.8) is 0 Å². The van der Waals surface area contributed by atoms with Crippen molar-refractivity contribution in [3.05, 3.63) is 44.5 Å². The molecule has 0 aliphatic carbocycles. The first-order chi connectivity index (χ1) is 15.7. The molecule has 0 saturated carbocycles. The van der Waals surface area contributed by atoms with Gasteiger partial charge in [0.2, 0.25) is 0 Å². The highest BCUT2D eigenvalue weighted by atomic mass is 35.5. The van der Waals surface area contributed by atoms with Crippen LogP contribution in [0.15, 0.2) is 33.5 Å². The predicted molar refractivity (Wildman–Crippen MR) is 139 cm³/mol. The second kappa shape index (κ2) is 10.2. The molecule has 6 nitrogen and oxygen atoms in total. The number of fused-ring (bicyclic) bond motifs is 1. The summed E-state index contributed by atoms with van der Waals surface area (Å²) in [6, 6.07) is 7.39. The lowest BCUT2D eigenvalue weighted by Gasteiger charge is -2.29. The number of rotatable bonds is 6. The smallest absolute Gasteiger partial charge is 0.252 e. The molecule has 0 N–H and O–H groups in total. The van der Waals surface area contributed by atoms with Gasteiger partial charge in [-0.15, -0.1) is 11.3 Å². The molecule has 1 aromatic carbocycles. The number of hydrogen-bond donors (Lipinski definition) is 0. The number of nitrogens with zero attached hydrogens (tertiary/aromatic N) is 3. The van der Waals surface area contributed by atoms with Crippen LogP contribution < -0.4 is 4.80 Å². The summed E-state index contributed by atoms with van der Waals surface area (Å²) in [5.41, 5.74) is 3.45. The van der Waals surface area contributed by atoms with Crippen molar-refractivity contribution < 1.29 is 13.2 Å². The largest absolute Gasteiger partial charge is 0.315 e. The molecule has 1 fully saturated rings. The van der Waals surface area contributed by atoms with Crippen LogP contribution in [0.4, 0.5) is 0 Å². The molecule has 1 aliphatic rings. The first-order valence-electron chi connectivity index (χ1n) is 10.6. The van der Waals surface area contributed by atoms with Crippen molar-refractivity contribution in [2.24, 2.45) is 10.9 Å². The number of hydrogen-bond acceptors (Lipinski definition) is 6. The number of amides is 1. The van der Waals surface area contributed by atoms with E-state index in [0.717, 1.165) is 33.9 Å². The number of halogens is 1. The quantitative estimate of drug-likeness (QED) is 0.442. The number of carbonyl (C=O) groups excluding carboxylic acids is 1. The second-order valence-corrected chi connectivity index (χ2v) is 14.0. The highest BCUT2D eigenvalue weighted by Crippen LogP contribution is 2.31. The minimum absolute atomic E-state index is 0.147. The van der Waals surface area contributed by atoms with E-state index < -0.39 is 15.9 Å². The standard InChI is InChI=1S/C22H26ClN3O3S4/c1-14-11-15(2)20-17(12-14)26(9-10-30-3)22(32-20)24-21(27)16-5-4-8-25(13-16)33(28,29)19-7-6-18(23)31-19/h6-7,11-12,16H,4-5,8-10,13H2,1-3H3. The molecule has 11 heteroatoms. The second-order valence-electron chi connectivity index (χ2n) is 8.17. The van der Waals surface area contributed by atoms with E-state index in [-0.39, 0.29) is 16.7 Å². The lowest BCUT2D eigenvalue weighted by Crippen LogP contribution is -2.42. The third-order valence-corrected chi connectivity index (χ3v) is 11.1. The Balaban J connectivity index is 1.65. The first kappa shape index (κ1) is 24.9. The van der Waals surface area contributed by atoms with Crippen LogP contribution in [0.3, 0.4) is 0 Å². The number of sulfonamides is 1. The van der Waals surface area contributed by atoms with Crippen LogP contribution in [0.2, 0.25) is 4.34 Å². The van der Waals surface area contributed by atoms with Gasteiger partial charge in [-0.05, 0) is 62.3 Å². The molecule has 0 spiro atoms. The van der Waals surface area contributed by atoms with E-state index in [0.29, 0.717) is 28.5 Å². The Morgan fingerprint density at radius 2 is 2.06 bits per heavy atom. The van der Waals surface area contributed by atoms with Gasteiger partial charge in [0.15, 0.2) is 4.80 Å². The summed E-state index contributed by atoms with van der Waals surface area (Å²) in [7, 11) is -3.66. The average molecular weight is 544 g/mol. The number of thioether (sulfide) groups is 1. The van der Waals surface area contributed by atoms with Gasteiger partial charge in [-0.2, -0.15) is 21.1 Å². The number of aromatic nitrogens is 1. The lowest BCUT2D eigenvalue weighted by atomic mass is 9.99. The maximum absolute atomic E-state index is 13.2. The van der Waals surface area contributed by atoms with Crippen LogP contribution >= 0.6 is 46.0 Å². The molecule has 2 aromatic heterocycles. The van der Waals surface area contributed by atoms with E-state index >= 15 is 0 Å². The molecule has 4 rings (SSSR count). The molecule has 1 atom stereocenters. The molecule has 3 aromatic rings. The van der Waals surface area contributed by atoms with E-state index in [2.05, 4.69) is 41.8 Å². The molecule has 0 radical (unpaired) electrons. The number of piperidine rings is 1. The molecular weight excluding hydrogens is 518 g/mol. The van der Waals surface area contributed by atoms with Crippen LogP contribution in [0.1, 0.15) is 24.0 Å². The van der Waals surface area contributed by atoms with Gasteiger partial charge in [-0.25, -0.2) is 8.42 Å². The van der Waals surface area contributed by atoms with Crippen molar-refractivity contribution in [3.8, 4) is 0 Å². The maximum atomic E-state index is 13.2. The fraction of sp³-hybridized carbons (Fsp3) is 0.455. The van der Waals surface area contributed by atoms with Crippen LogP contribution in [0, 0.1) is 19.8 Å². The highest BCUT2D eigenvalue weighted by Gasteiger charge is 2.34. The minimum Gasteiger partial charge on any atom is -0.315 e. The van der Waals surface area contributed by atoms with Crippen molar-refractivity contribution >= 4 is 72.2 Å². The summed E-state index contributed by atoms with van der Waals surface area (Å²) < 4.78 is 31.3. The fourth-order valence-electron chi connectivity index (χ4n) is 4.11. The van der Waals surface area contributed by atoms with Crippen LogP contribution in [-0.2, 0) is 21.4 Å². The average Bonchev–Trinajstić information content (AvgIpc) is 3.36. The van der Waals surface area contributed by atoms with E-state index in [1.165, 1.54) is 32.8 Å². The SMILES string of the molecule is CSCCn1c(=NC(=O)C2CCCN(S(=O)(=O)c3ccc(Cl)s3)C2)sc2c(C)cc(C)cc21. The van der Waals surface area contributed by atoms with Crippen molar-refractivity contribution in [2.75, 3.05) is 25.1 Å². The van der Waals surface area contributed by atoms with Gasteiger partial charge in [0.05, 0.1) is 20.5 Å². The fourth-order valence-corrected chi connectivity index (χ4v) is 8.75. The van der Waals surface area contributed by atoms with E-state index in [1.54, 1.807) is 17.8 Å². The van der Waals surface area contributed by atoms with Crippen LogP contribution in [0.25, 0.3) is 10.2 Å². The predicted octanol–water partition coefficient (Wildman–Crippen LogP) is 4.93. The Morgan fingerprint density at radius 3 is 2.76 bits per heavy atom. The summed E-state index contributed by atoms with van der Waals surface area (Å²) in [6.45, 7) is 5.46. The Labute approximate surface area is 211 Å². The Hall–Kier alpha value is -1.17. The van der Waals surface area contributed by atoms with Gasteiger partial charge >= 0.3 is 0 Å². The topological polar surface area (TPSA) is 71.7 Å². The van der Waals surface area contributed by atoms with Gasteiger partial charge in [0.25, 0.3) is 15.9 Å².